The molecular formula is C10H14O3S. The lowest BCUT2D eigenvalue weighted by atomic mass is 10.2. The molecule has 0 aromatic carbocycles. The Morgan fingerprint density at radius 1 is 1.64 bits per heavy atom. The van der Waals surface area contributed by atoms with Gasteiger partial charge in [0.05, 0.1) is 12.7 Å². The summed E-state index contributed by atoms with van der Waals surface area (Å²) >= 11 is 1.66. The lowest BCUT2D eigenvalue weighted by molar-refractivity contribution is -0.143. The van der Waals surface area contributed by atoms with E-state index in [0.717, 1.165) is 11.5 Å². The molecule has 0 saturated heterocycles. The zero-order valence-corrected chi connectivity index (χ0v) is 9.01. The van der Waals surface area contributed by atoms with Crippen molar-refractivity contribution in [1.82, 2.24) is 0 Å². The van der Waals surface area contributed by atoms with E-state index < -0.39 is 0 Å². The van der Waals surface area contributed by atoms with Crippen LogP contribution in [-0.2, 0) is 16.0 Å². The molecule has 0 aliphatic heterocycles. The number of thioether (sulfide) groups is 1. The number of hydrogen-bond acceptors (Lipinski definition) is 4. The van der Waals surface area contributed by atoms with Crippen LogP contribution in [0.5, 0.6) is 0 Å². The Morgan fingerprint density at radius 3 is 3.14 bits per heavy atom. The Balaban J connectivity index is 2.09. The second kappa shape index (κ2) is 6.54. The average molecular weight is 214 g/mol. The molecule has 0 bridgehead atoms. The number of furan rings is 1. The fourth-order valence-electron chi connectivity index (χ4n) is 0.991. The Kier molecular flexibility index (Phi) is 5.22. The Labute approximate surface area is 87.8 Å². The number of carbonyl (C=O) groups excluding carboxylic acids is 1. The zero-order valence-electron chi connectivity index (χ0n) is 8.19. The van der Waals surface area contributed by atoms with Gasteiger partial charge in [-0.25, -0.2) is 0 Å². The largest absolute Gasteiger partial charge is 0.469 e. The fraction of sp³-hybridized carbons (Fsp3) is 0.500. The maximum Gasteiger partial charge on any atom is 0.306 e. The van der Waals surface area contributed by atoms with E-state index >= 15 is 0 Å². The molecule has 0 atom stereocenters. The highest BCUT2D eigenvalue weighted by molar-refractivity contribution is 7.98. The Morgan fingerprint density at radius 2 is 2.50 bits per heavy atom. The number of rotatable bonds is 6. The minimum atomic E-state index is -0.157. The summed E-state index contributed by atoms with van der Waals surface area (Å²) in [6.45, 7) is 0.498. The normalized spacial score (nSPS) is 10.1. The highest BCUT2D eigenvalue weighted by atomic mass is 32.2. The highest BCUT2D eigenvalue weighted by Gasteiger charge is 2.04. The van der Waals surface area contributed by atoms with Crippen LogP contribution in [-0.4, -0.2) is 24.6 Å². The first-order valence-electron chi connectivity index (χ1n) is 4.50. The molecule has 14 heavy (non-hydrogen) atoms. The molecule has 0 aliphatic carbocycles. The molecule has 0 radical (unpaired) electrons. The summed E-state index contributed by atoms with van der Waals surface area (Å²) in [6.07, 6.45) is 4.60. The quantitative estimate of drug-likeness (QED) is 0.537. The van der Waals surface area contributed by atoms with Crippen molar-refractivity contribution < 1.29 is 13.9 Å². The molecule has 4 heteroatoms. The van der Waals surface area contributed by atoms with Crippen molar-refractivity contribution in [1.29, 1.82) is 0 Å². The van der Waals surface area contributed by atoms with E-state index in [2.05, 4.69) is 0 Å². The molecule has 1 rings (SSSR count). The standard InChI is InChI=1S/C10H14O3S/c1-14-8-7-13-10(11)5-4-9-3-2-6-12-9/h2-3,6H,4-5,7-8H2,1H3. The third kappa shape index (κ3) is 4.37. The van der Waals surface area contributed by atoms with Gasteiger partial charge in [0, 0.05) is 12.2 Å². The summed E-state index contributed by atoms with van der Waals surface area (Å²) < 4.78 is 10.1. The molecule has 1 aromatic rings. The van der Waals surface area contributed by atoms with Crippen LogP contribution in [0.1, 0.15) is 12.2 Å². The smallest absolute Gasteiger partial charge is 0.306 e. The molecule has 1 aromatic heterocycles. The predicted molar refractivity (Wildman–Crippen MR) is 56.4 cm³/mol. The van der Waals surface area contributed by atoms with Gasteiger partial charge in [0.1, 0.15) is 12.4 Å². The summed E-state index contributed by atoms with van der Waals surface area (Å²) in [5.74, 6) is 1.52. The van der Waals surface area contributed by atoms with Crippen LogP contribution < -0.4 is 0 Å². The first-order valence-corrected chi connectivity index (χ1v) is 5.89. The van der Waals surface area contributed by atoms with Gasteiger partial charge < -0.3 is 9.15 Å². The molecule has 3 nitrogen and oxygen atoms in total. The topological polar surface area (TPSA) is 39.4 Å². The monoisotopic (exact) mass is 214 g/mol. The number of hydrogen-bond donors (Lipinski definition) is 0. The molecule has 78 valence electrons. The molecule has 1 heterocycles. The van der Waals surface area contributed by atoms with E-state index in [1.54, 1.807) is 18.0 Å². The van der Waals surface area contributed by atoms with Gasteiger partial charge in [-0.3, -0.25) is 4.79 Å². The Hall–Kier alpha value is -0.900. The van der Waals surface area contributed by atoms with Gasteiger partial charge >= 0.3 is 5.97 Å². The summed E-state index contributed by atoms with van der Waals surface area (Å²) in [5.41, 5.74) is 0. The molecule has 0 N–H and O–H groups in total. The van der Waals surface area contributed by atoms with Gasteiger partial charge in [0.2, 0.25) is 0 Å². The van der Waals surface area contributed by atoms with Gasteiger partial charge in [0.15, 0.2) is 0 Å². The first-order chi connectivity index (χ1) is 6.83. The number of esters is 1. The number of carbonyl (C=O) groups is 1. The van der Waals surface area contributed by atoms with Gasteiger partial charge in [0.25, 0.3) is 0 Å². The van der Waals surface area contributed by atoms with Crippen LogP contribution in [0.3, 0.4) is 0 Å². The summed E-state index contributed by atoms with van der Waals surface area (Å²) in [5, 5.41) is 0. The van der Waals surface area contributed by atoms with Crippen molar-refractivity contribution in [3.05, 3.63) is 24.2 Å². The molecule has 0 spiro atoms. The summed E-state index contributed by atoms with van der Waals surface area (Å²) in [7, 11) is 0. The second-order valence-corrected chi connectivity index (χ2v) is 3.78. The van der Waals surface area contributed by atoms with Crippen LogP contribution in [0.25, 0.3) is 0 Å². The Bertz CT molecular complexity index is 256. The first kappa shape index (κ1) is 11.2. The van der Waals surface area contributed by atoms with E-state index in [4.69, 9.17) is 9.15 Å². The van der Waals surface area contributed by atoms with Gasteiger partial charge in [-0.2, -0.15) is 11.8 Å². The molecule has 0 unspecified atom stereocenters. The third-order valence-corrected chi connectivity index (χ3v) is 2.28. The predicted octanol–water partition coefficient (Wildman–Crippen LogP) is 2.12. The van der Waals surface area contributed by atoms with Crippen LogP contribution in [0.2, 0.25) is 0 Å². The highest BCUT2D eigenvalue weighted by Crippen LogP contribution is 2.04. The van der Waals surface area contributed by atoms with E-state index in [9.17, 15) is 4.79 Å². The van der Waals surface area contributed by atoms with Crippen molar-refractivity contribution in [3.8, 4) is 0 Å². The average Bonchev–Trinajstić information content (AvgIpc) is 2.68. The van der Waals surface area contributed by atoms with E-state index in [1.165, 1.54) is 0 Å². The van der Waals surface area contributed by atoms with Crippen LogP contribution in [0.4, 0.5) is 0 Å². The fourth-order valence-corrected chi connectivity index (χ4v) is 1.24. The van der Waals surface area contributed by atoms with Gasteiger partial charge in [-0.15, -0.1) is 0 Å². The summed E-state index contributed by atoms with van der Waals surface area (Å²) in [6, 6.07) is 3.67. The van der Waals surface area contributed by atoms with Crippen LogP contribution in [0, 0.1) is 0 Å². The number of aryl methyl sites for hydroxylation is 1. The van der Waals surface area contributed by atoms with Crippen LogP contribution in [0.15, 0.2) is 22.8 Å². The maximum absolute atomic E-state index is 11.1. The molecule has 0 saturated carbocycles. The van der Waals surface area contributed by atoms with E-state index in [0.29, 0.717) is 19.4 Å². The molecular weight excluding hydrogens is 200 g/mol. The zero-order chi connectivity index (χ0) is 10.2. The van der Waals surface area contributed by atoms with Gasteiger partial charge in [-0.1, -0.05) is 0 Å². The lowest BCUT2D eigenvalue weighted by Gasteiger charge is -2.01. The lowest BCUT2D eigenvalue weighted by Crippen LogP contribution is -2.08. The van der Waals surface area contributed by atoms with Crippen LogP contribution >= 0.6 is 11.8 Å². The van der Waals surface area contributed by atoms with Crippen molar-refractivity contribution in [2.45, 2.75) is 12.8 Å². The van der Waals surface area contributed by atoms with Crippen molar-refractivity contribution in [2.75, 3.05) is 18.6 Å². The summed E-state index contributed by atoms with van der Waals surface area (Å²) in [4.78, 5) is 11.1. The SMILES string of the molecule is CSCCOC(=O)CCc1ccco1. The van der Waals surface area contributed by atoms with Crippen molar-refractivity contribution >= 4 is 17.7 Å². The third-order valence-electron chi connectivity index (χ3n) is 1.71. The van der Waals surface area contributed by atoms with E-state index in [1.807, 2.05) is 18.4 Å². The van der Waals surface area contributed by atoms with Crippen molar-refractivity contribution in [2.24, 2.45) is 0 Å². The van der Waals surface area contributed by atoms with E-state index in [-0.39, 0.29) is 5.97 Å². The maximum atomic E-state index is 11.1. The molecule has 0 aliphatic rings. The number of ether oxygens (including phenoxy) is 1. The minimum absolute atomic E-state index is 0.157. The van der Waals surface area contributed by atoms with Gasteiger partial charge in [-0.05, 0) is 18.4 Å². The van der Waals surface area contributed by atoms with Crippen molar-refractivity contribution in [3.63, 3.8) is 0 Å². The second-order valence-electron chi connectivity index (χ2n) is 2.79. The molecule has 0 amide bonds. The molecule has 0 fully saturated rings. The minimum Gasteiger partial charge on any atom is -0.469 e.